The molecule has 4 rings (SSSR count). The summed E-state index contributed by atoms with van der Waals surface area (Å²) in [5.74, 6) is -0.138. The Balaban J connectivity index is 1.62. The summed E-state index contributed by atoms with van der Waals surface area (Å²) in [5, 5.41) is 9.82. The fourth-order valence-electron chi connectivity index (χ4n) is 3.30. The second kappa shape index (κ2) is 8.18. The minimum atomic E-state index is -0.557. The van der Waals surface area contributed by atoms with E-state index in [-0.39, 0.29) is 22.8 Å². The number of benzene rings is 2. The van der Waals surface area contributed by atoms with Gasteiger partial charge < -0.3 is 20.9 Å². The van der Waals surface area contributed by atoms with Crippen LogP contribution in [0.5, 0.6) is 0 Å². The molecule has 0 spiro atoms. The van der Waals surface area contributed by atoms with Crippen LogP contribution in [0.25, 0.3) is 10.9 Å². The zero-order valence-electron chi connectivity index (χ0n) is 15.7. The Morgan fingerprint density at radius 3 is 3.00 bits per heavy atom. The number of hydrogen-bond acceptors (Lipinski definition) is 5. The predicted molar refractivity (Wildman–Crippen MR) is 112 cm³/mol. The molecule has 2 amide bonds. The van der Waals surface area contributed by atoms with Gasteiger partial charge in [-0.15, -0.1) is 0 Å². The molecule has 0 bridgehead atoms. The lowest BCUT2D eigenvalue weighted by atomic mass is 10.2. The second-order valence-electron chi connectivity index (χ2n) is 6.86. The molecule has 2 heterocycles. The van der Waals surface area contributed by atoms with Crippen LogP contribution in [-0.2, 0) is 0 Å². The Bertz CT molecular complexity index is 1060. The van der Waals surface area contributed by atoms with Crippen LogP contribution in [0.15, 0.2) is 42.7 Å². The number of urea groups is 1. The minimum absolute atomic E-state index is 0.0199. The number of anilines is 3. The van der Waals surface area contributed by atoms with Crippen molar-refractivity contribution in [1.82, 2.24) is 20.2 Å². The molecule has 0 aliphatic carbocycles. The Morgan fingerprint density at radius 2 is 2.17 bits per heavy atom. The van der Waals surface area contributed by atoms with E-state index in [1.54, 1.807) is 35.2 Å². The molecular formula is C20H20ClFN6O. The van der Waals surface area contributed by atoms with Gasteiger partial charge in [0.2, 0.25) is 0 Å². The van der Waals surface area contributed by atoms with E-state index in [0.29, 0.717) is 29.0 Å². The maximum atomic E-state index is 14.3. The molecule has 3 aromatic rings. The van der Waals surface area contributed by atoms with Crippen molar-refractivity contribution in [2.24, 2.45) is 0 Å². The van der Waals surface area contributed by atoms with Crippen LogP contribution < -0.4 is 16.0 Å². The Labute approximate surface area is 172 Å². The van der Waals surface area contributed by atoms with Gasteiger partial charge in [-0.3, -0.25) is 0 Å². The molecule has 2 aromatic carbocycles. The van der Waals surface area contributed by atoms with Crippen LogP contribution in [0.2, 0.25) is 5.02 Å². The first kappa shape index (κ1) is 19.4. The first-order valence-corrected chi connectivity index (χ1v) is 9.65. The summed E-state index contributed by atoms with van der Waals surface area (Å²) in [5.41, 5.74) is 1.48. The molecule has 1 aromatic heterocycles. The largest absolute Gasteiger partial charge is 0.337 e. The number of piperazine rings is 1. The number of rotatable bonds is 3. The highest BCUT2D eigenvalue weighted by molar-refractivity contribution is 6.31. The van der Waals surface area contributed by atoms with Crippen molar-refractivity contribution >= 4 is 45.7 Å². The summed E-state index contributed by atoms with van der Waals surface area (Å²) in [6.07, 6.45) is 1.40. The molecule has 3 N–H and O–H groups in total. The van der Waals surface area contributed by atoms with Crippen molar-refractivity contribution in [2.75, 3.05) is 30.3 Å². The molecule has 150 valence electrons. The first-order valence-electron chi connectivity index (χ1n) is 9.27. The third-order valence-corrected chi connectivity index (χ3v) is 5.15. The number of carbonyl (C=O) groups is 1. The summed E-state index contributed by atoms with van der Waals surface area (Å²) in [6, 6.07) is 9.98. The first-order chi connectivity index (χ1) is 14.0. The highest BCUT2D eigenvalue weighted by Crippen LogP contribution is 2.29. The lowest BCUT2D eigenvalue weighted by Crippen LogP contribution is -2.53. The van der Waals surface area contributed by atoms with E-state index in [1.807, 2.05) is 6.92 Å². The molecule has 1 atom stereocenters. The molecule has 1 fully saturated rings. The van der Waals surface area contributed by atoms with Crippen LogP contribution >= 0.6 is 11.6 Å². The highest BCUT2D eigenvalue weighted by atomic mass is 35.5. The number of nitrogens with zero attached hydrogens (tertiary/aromatic N) is 3. The van der Waals surface area contributed by atoms with Gasteiger partial charge in [0, 0.05) is 36.7 Å². The van der Waals surface area contributed by atoms with Gasteiger partial charge in [0.05, 0.1) is 16.2 Å². The number of hydrogen-bond donors (Lipinski definition) is 3. The normalized spacial score (nSPS) is 16.7. The predicted octanol–water partition coefficient (Wildman–Crippen LogP) is 3.99. The molecule has 7 nitrogen and oxygen atoms in total. The number of halogens is 2. The smallest absolute Gasteiger partial charge is 0.322 e. The fourth-order valence-corrected chi connectivity index (χ4v) is 3.47. The van der Waals surface area contributed by atoms with E-state index < -0.39 is 5.82 Å². The van der Waals surface area contributed by atoms with Crippen LogP contribution in [0.3, 0.4) is 0 Å². The minimum Gasteiger partial charge on any atom is -0.337 e. The fraction of sp³-hybridized carbons (Fsp3) is 0.250. The van der Waals surface area contributed by atoms with Gasteiger partial charge in [-0.05, 0) is 37.3 Å². The molecule has 1 aliphatic rings. The number of aromatic nitrogens is 2. The van der Waals surface area contributed by atoms with Gasteiger partial charge in [0.25, 0.3) is 0 Å². The Morgan fingerprint density at radius 1 is 1.31 bits per heavy atom. The van der Waals surface area contributed by atoms with Gasteiger partial charge in [0.15, 0.2) is 5.82 Å². The molecule has 0 radical (unpaired) electrons. The van der Waals surface area contributed by atoms with E-state index in [4.69, 9.17) is 11.6 Å². The van der Waals surface area contributed by atoms with Gasteiger partial charge in [-0.2, -0.15) is 0 Å². The van der Waals surface area contributed by atoms with E-state index >= 15 is 0 Å². The molecule has 1 aliphatic heterocycles. The van der Waals surface area contributed by atoms with Gasteiger partial charge in [-0.1, -0.05) is 17.7 Å². The van der Waals surface area contributed by atoms with Crippen molar-refractivity contribution in [3.05, 3.63) is 53.6 Å². The summed E-state index contributed by atoms with van der Waals surface area (Å²) < 4.78 is 14.3. The van der Waals surface area contributed by atoms with Crippen molar-refractivity contribution < 1.29 is 9.18 Å². The lowest BCUT2D eigenvalue weighted by Gasteiger charge is -2.33. The quantitative estimate of drug-likeness (QED) is 0.603. The van der Waals surface area contributed by atoms with Gasteiger partial charge in [-0.25, -0.2) is 19.2 Å². The highest BCUT2D eigenvalue weighted by Gasteiger charge is 2.23. The van der Waals surface area contributed by atoms with E-state index in [0.717, 1.165) is 13.1 Å². The maximum Gasteiger partial charge on any atom is 0.322 e. The number of amides is 2. The Kier molecular flexibility index (Phi) is 5.46. The summed E-state index contributed by atoms with van der Waals surface area (Å²) >= 11 is 5.86. The average Bonchev–Trinajstić information content (AvgIpc) is 2.72. The zero-order chi connectivity index (χ0) is 20.4. The van der Waals surface area contributed by atoms with E-state index in [1.165, 1.54) is 12.4 Å². The van der Waals surface area contributed by atoms with E-state index in [9.17, 15) is 9.18 Å². The zero-order valence-corrected chi connectivity index (χ0v) is 16.5. The van der Waals surface area contributed by atoms with Gasteiger partial charge in [0.1, 0.15) is 12.1 Å². The van der Waals surface area contributed by atoms with Crippen LogP contribution in [0, 0.1) is 5.82 Å². The standard InChI is InChI=1S/C20H20ClFN6O/c1-12-10-23-7-8-28(12)20(29)26-13-5-6-16-14(9-13)19(25-11-24-16)27-17-4-2-3-15(21)18(17)22/h2-6,9,11-12,23H,7-8,10H2,1H3,(H,26,29)(H,24,25,27). The molecule has 0 saturated carbocycles. The van der Waals surface area contributed by atoms with Crippen molar-refractivity contribution in [3.8, 4) is 0 Å². The second-order valence-corrected chi connectivity index (χ2v) is 7.26. The van der Waals surface area contributed by atoms with Crippen LogP contribution in [-0.4, -0.2) is 46.6 Å². The third kappa shape index (κ3) is 4.08. The van der Waals surface area contributed by atoms with Crippen molar-refractivity contribution in [1.29, 1.82) is 0 Å². The monoisotopic (exact) mass is 414 g/mol. The van der Waals surface area contributed by atoms with Crippen molar-refractivity contribution in [3.63, 3.8) is 0 Å². The lowest BCUT2D eigenvalue weighted by molar-refractivity contribution is 0.177. The molecule has 9 heteroatoms. The maximum absolute atomic E-state index is 14.3. The van der Waals surface area contributed by atoms with Crippen LogP contribution in [0.4, 0.5) is 26.4 Å². The van der Waals surface area contributed by atoms with Crippen molar-refractivity contribution in [2.45, 2.75) is 13.0 Å². The van der Waals surface area contributed by atoms with E-state index in [2.05, 4.69) is 25.9 Å². The number of fused-ring (bicyclic) bond motifs is 1. The topological polar surface area (TPSA) is 82.2 Å². The SMILES string of the molecule is CC1CNCCN1C(=O)Nc1ccc2ncnc(Nc3cccc(Cl)c3F)c2c1. The van der Waals surface area contributed by atoms with Gasteiger partial charge >= 0.3 is 6.03 Å². The Hall–Kier alpha value is -2.97. The molecule has 29 heavy (non-hydrogen) atoms. The third-order valence-electron chi connectivity index (χ3n) is 4.85. The molecule has 1 unspecified atom stereocenters. The number of nitrogens with one attached hydrogen (secondary N) is 3. The summed E-state index contributed by atoms with van der Waals surface area (Å²) in [6.45, 7) is 4.17. The molecular weight excluding hydrogens is 395 g/mol. The summed E-state index contributed by atoms with van der Waals surface area (Å²) in [7, 11) is 0. The average molecular weight is 415 g/mol. The van der Waals surface area contributed by atoms with Crippen LogP contribution in [0.1, 0.15) is 6.92 Å². The number of carbonyl (C=O) groups excluding carboxylic acids is 1. The summed E-state index contributed by atoms with van der Waals surface area (Å²) in [4.78, 5) is 22.9. The molecule has 1 saturated heterocycles.